The molecule has 1 aromatic rings. The Hall–Kier alpha value is -0.880. The molecule has 6 heteroatoms. The summed E-state index contributed by atoms with van der Waals surface area (Å²) >= 11 is 3.49. The number of rotatable bonds is 5. The molecule has 23 heavy (non-hydrogen) atoms. The summed E-state index contributed by atoms with van der Waals surface area (Å²) in [7, 11) is 0. The Bertz CT molecular complexity index is 553. The molecule has 2 rings (SSSR count). The van der Waals surface area contributed by atoms with Crippen LogP contribution in [0.1, 0.15) is 69.6 Å². The van der Waals surface area contributed by atoms with Crippen molar-refractivity contribution < 1.29 is 4.79 Å². The lowest BCUT2D eigenvalue weighted by Crippen LogP contribution is -2.54. The van der Waals surface area contributed by atoms with Crippen LogP contribution in [0.2, 0.25) is 0 Å². The summed E-state index contributed by atoms with van der Waals surface area (Å²) in [5.74, 6) is 0.899. The first-order chi connectivity index (χ1) is 10.7. The van der Waals surface area contributed by atoms with E-state index in [1.54, 1.807) is 0 Å². The molecule has 130 valence electrons. The zero-order valence-electron chi connectivity index (χ0n) is 14.9. The van der Waals surface area contributed by atoms with Crippen LogP contribution >= 0.6 is 15.9 Å². The third-order valence-electron chi connectivity index (χ3n) is 4.72. The minimum absolute atomic E-state index is 0.0476. The molecule has 2 N–H and O–H groups in total. The first kappa shape index (κ1) is 18.5. The van der Waals surface area contributed by atoms with Gasteiger partial charge in [0.05, 0.1) is 10.2 Å². The smallest absolute Gasteiger partial charge is 0.273 e. The molecule has 0 spiro atoms. The third kappa shape index (κ3) is 4.35. The summed E-state index contributed by atoms with van der Waals surface area (Å²) < 4.78 is 0.773. The number of carbonyl (C=O) groups is 1. The highest BCUT2D eigenvalue weighted by molar-refractivity contribution is 9.10. The Labute approximate surface area is 147 Å². The number of nitrogens with zero attached hydrogens (tertiary/aromatic N) is 2. The number of carbonyl (C=O) groups excluding carboxylic acids is 1. The van der Waals surface area contributed by atoms with Crippen LogP contribution < -0.4 is 5.32 Å². The third-order valence-corrected chi connectivity index (χ3v) is 5.52. The van der Waals surface area contributed by atoms with Gasteiger partial charge in [-0.05, 0) is 61.0 Å². The lowest BCUT2D eigenvalue weighted by atomic mass is 9.93. The van der Waals surface area contributed by atoms with Crippen LogP contribution in [0.25, 0.3) is 0 Å². The molecule has 0 bridgehead atoms. The molecule has 1 aliphatic rings. The largest absolute Gasteiger partial charge is 0.349 e. The van der Waals surface area contributed by atoms with Gasteiger partial charge < -0.3 is 5.32 Å². The van der Waals surface area contributed by atoms with Gasteiger partial charge in [-0.3, -0.25) is 14.8 Å². The second-order valence-electron chi connectivity index (χ2n) is 7.64. The van der Waals surface area contributed by atoms with Crippen molar-refractivity contribution in [1.82, 2.24) is 20.4 Å². The molecule has 1 amide bonds. The van der Waals surface area contributed by atoms with Gasteiger partial charge in [-0.25, -0.2) is 0 Å². The fourth-order valence-electron chi connectivity index (χ4n) is 3.11. The number of hydrogen-bond acceptors (Lipinski definition) is 3. The average molecular weight is 385 g/mol. The Morgan fingerprint density at radius 2 is 2.22 bits per heavy atom. The van der Waals surface area contributed by atoms with Gasteiger partial charge in [0.15, 0.2) is 5.69 Å². The molecule has 1 unspecified atom stereocenters. The number of nitrogens with one attached hydrogen (secondary N) is 2. The lowest BCUT2D eigenvalue weighted by molar-refractivity contribution is 0.0655. The molecular weight excluding hydrogens is 356 g/mol. The monoisotopic (exact) mass is 384 g/mol. The first-order valence-electron chi connectivity index (χ1n) is 8.49. The molecule has 1 aromatic heterocycles. The summed E-state index contributed by atoms with van der Waals surface area (Å²) in [6.07, 6.45) is 2.54. The molecule has 0 saturated carbocycles. The first-order valence-corrected chi connectivity index (χ1v) is 9.28. The quantitative estimate of drug-likeness (QED) is 0.815. The van der Waals surface area contributed by atoms with Gasteiger partial charge in [0.1, 0.15) is 0 Å². The zero-order chi connectivity index (χ0) is 17.2. The fourth-order valence-corrected chi connectivity index (χ4v) is 3.92. The molecular formula is C17H29BrN4O. The van der Waals surface area contributed by atoms with Gasteiger partial charge >= 0.3 is 0 Å². The van der Waals surface area contributed by atoms with E-state index in [4.69, 9.17) is 0 Å². The highest BCUT2D eigenvalue weighted by atomic mass is 79.9. The Morgan fingerprint density at radius 1 is 1.52 bits per heavy atom. The van der Waals surface area contributed by atoms with E-state index < -0.39 is 0 Å². The van der Waals surface area contributed by atoms with Gasteiger partial charge in [-0.2, -0.15) is 5.10 Å². The number of hydrogen-bond donors (Lipinski definition) is 2. The number of aromatic nitrogens is 2. The topological polar surface area (TPSA) is 61.0 Å². The predicted octanol–water partition coefficient (Wildman–Crippen LogP) is 3.54. The number of piperidine rings is 1. The van der Waals surface area contributed by atoms with Crippen molar-refractivity contribution in [3.8, 4) is 0 Å². The standard InChI is InChI=1S/C17H29BrN4O/c1-11(2)14-13(18)15(21-20-14)16(23)19-10-17(4,5)22-8-6-7-12(3)9-22/h11-12H,6-10H2,1-5H3,(H,19,23)(H,20,21). The van der Waals surface area contributed by atoms with Crippen molar-refractivity contribution in [1.29, 1.82) is 0 Å². The zero-order valence-corrected chi connectivity index (χ0v) is 16.5. The second kappa shape index (κ2) is 7.34. The highest BCUT2D eigenvalue weighted by Gasteiger charge is 2.31. The average Bonchev–Trinajstić information content (AvgIpc) is 2.87. The van der Waals surface area contributed by atoms with Crippen LogP contribution in [-0.2, 0) is 0 Å². The Kier molecular flexibility index (Phi) is 5.89. The van der Waals surface area contributed by atoms with Crippen molar-refractivity contribution in [2.75, 3.05) is 19.6 Å². The van der Waals surface area contributed by atoms with E-state index in [1.165, 1.54) is 12.8 Å². The molecule has 0 aliphatic carbocycles. The van der Waals surface area contributed by atoms with E-state index in [-0.39, 0.29) is 11.4 Å². The maximum absolute atomic E-state index is 12.5. The molecule has 1 saturated heterocycles. The highest BCUT2D eigenvalue weighted by Crippen LogP contribution is 2.26. The maximum atomic E-state index is 12.5. The molecule has 1 atom stereocenters. The molecule has 2 heterocycles. The van der Waals surface area contributed by atoms with Crippen LogP contribution in [0.5, 0.6) is 0 Å². The second-order valence-corrected chi connectivity index (χ2v) is 8.44. The van der Waals surface area contributed by atoms with E-state index in [0.29, 0.717) is 18.2 Å². The van der Waals surface area contributed by atoms with Crippen molar-refractivity contribution >= 4 is 21.8 Å². The summed E-state index contributed by atoms with van der Waals surface area (Å²) in [6.45, 7) is 13.7. The summed E-state index contributed by atoms with van der Waals surface area (Å²) in [5, 5.41) is 10.2. The van der Waals surface area contributed by atoms with Gasteiger partial charge in [0, 0.05) is 18.6 Å². The number of amides is 1. The van der Waals surface area contributed by atoms with Crippen molar-refractivity contribution in [3.63, 3.8) is 0 Å². The van der Waals surface area contributed by atoms with Crippen molar-refractivity contribution in [2.45, 2.75) is 58.9 Å². The van der Waals surface area contributed by atoms with Crippen molar-refractivity contribution in [3.05, 3.63) is 15.9 Å². The van der Waals surface area contributed by atoms with E-state index in [0.717, 1.165) is 29.2 Å². The maximum Gasteiger partial charge on any atom is 0.273 e. The summed E-state index contributed by atoms with van der Waals surface area (Å²) in [5.41, 5.74) is 1.35. The van der Waals surface area contributed by atoms with Crippen LogP contribution in [0.4, 0.5) is 0 Å². The van der Waals surface area contributed by atoms with Crippen LogP contribution in [0.3, 0.4) is 0 Å². The molecule has 1 fully saturated rings. The van der Waals surface area contributed by atoms with Gasteiger partial charge in [0.25, 0.3) is 5.91 Å². The van der Waals surface area contributed by atoms with Crippen LogP contribution in [-0.4, -0.2) is 46.2 Å². The summed E-state index contributed by atoms with van der Waals surface area (Å²) in [4.78, 5) is 14.9. The number of aromatic amines is 1. The minimum atomic E-state index is -0.127. The van der Waals surface area contributed by atoms with E-state index in [2.05, 4.69) is 71.0 Å². The molecule has 5 nitrogen and oxygen atoms in total. The molecule has 1 aliphatic heterocycles. The lowest BCUT2D eigenvalue weighted by Gasteiger charge is -2.43. The number of halogens is 1. The van der Waals surface area contributed by atoms with E-state index in [1.807, 2.05) is 0 Å². The molecule has 0 aromatic carbocycles. The predicted molar refractivity (Wildman–Crippen MR) is 96.8 cm³/mol. The normalized spacial score (nSPS) is 20.0. The van der Waals surface area contributed by atoms with Gasteiger partial charge in [-0.1, -0.05) is 20.8 Å². The minimum Gasteiger partial charge on any atom is -0.349 e. The van der Waals surface area contributed by atoms with Gasteiger partial charge in [0.2, 0.25) is 0 Å². The van der Waals surface area contributed by atoms with Crippen molar-refractivity contribution in [2.24, 2.45) is 5.92 Å². The number of H-pyrrole nitrogens is 1. The fraction of sp³-hybridized carbons (Fsp3) is 0.765. The summed E-state index contributed by atoms with van der Waals surface area (Å²) in [6, 6.07) is 0. The van der Waals surface area contributed by atoms with Gasteiger partial charge in [-0.15, -0.1) is 0 Å². The van der Waals surface area contributed by atoms with Crippen LogP contribution in [0.15, 0.2) is 4.47 Å². The SMILES string of the molecule is CC1CCCN(C(C)(C)CNC(=O)c2n[nH]c(C(C)C)c2Br)C1. The Morgan fingerprint density at radius 3 is 2.78 bits per heavy atom. The molecule has 0 radical (unpaired) electrons. The Balaban J connectivity index is 1.98. The number of likely N-dealkylation sites (tertiary alicyclic amines) is 1. The van der Waals surface area contributed by atoms with Crippen LogP contribution in [0, 0.1) is 5.92 Å². The van der Waals surface area contributed by atoms with E-state index in [9.17, 15) is 4.79 Å². The van der Waals surface area contributed by atoms with E-state index >= 15 is 0 Å².